The van der Waals surface area contributed by atoms with Gasteiger partial charge in [-0.1, -0.05) is 68.4 Å². The molecule has 0 radical (unpaired) electrons. The maximum atomic E-state index is 13.1. The summed E-state index contributed by atoms with van der Waals surface area (Å²) in [6.07, 6.45) is 1.91. The lowest BCUT2D eigenvalue weighted by Crippen LogP contribution is -2.53. The summed E-state index contributed by atoms with van der Waals surface area (Å²) in [5, 5.41) is 16.0. The summed E-state index contributed by atoms with van der Waals surface area (Å²) in [6.45, 7) is 5.29. The van der Waals surface area contributed by atoms with Gasteiger partial charge in [-0.25, -0.2) is 5.01 Å². The Hall–Kier alpha value is -4.01. The van der Waals surface area contributed by atoms with E-state index >= 15 is 0 Å². The third-order valence-electron chi connectivity index (χ3n) is 7.44. The Labute approximate surface area is 242 Å². The molecule has 0 aromatic heterocycles. The van der Waals surface area contributed by atoms with Crippen LogP contribution in [0.2, 0.25) is 0 Å². The molecule has 2 unspecified atom stereocenters. The normalized spacial score (nSPS) is 14.6. The Morgan fingerprint density at radius 2 is 1.68 bits per heavy atom. The molecule has 4 rings (SSSR count). The predicted octanol–water partition coefficient (Wildman–Crippen LogP) is 3.67. The van der Waals surface area contributed by atoms with Gasteiger partial charge in [0.2, 0.25) is 11.8 Å². The Kier molecular flexibility index (Phi) is 10.6. The van der Waals surface area contributed by atoms with E-state index in [1.165, 1.54) is 0 Å². The van der Waals surface area contributed by atoms with Crippen molar-refractivity contribution in [1.82, 2.24) is 15.8 Å². The first-order chi connectivity index (χ1) is 19.9. The van der Waals surface area contributed by atoms with Gasteiger partial charge in [0.05, 0.1) is 18.6 Å². The molecule has 8 nitrogen and oxygen atoms in total. The Balaban J connectivity index is 1.40. The van der Waals surface area contributed by atoms with Crippen molar-refractivity contribution in [1.29, 1.82) is 0 Å². The zero-order valence-electron chi connectivity index (χ0n) is 23.9. The Bertz CT molecular complexity index is 1310. The number of carbonyl (C=O) groups is 3. The second-order valence-corrected chi connectivity index (χ2v) is 10.5. The third kappa shape index (κ3) is 8.49. The van der Waals surface area contributed by atoms with Gasteiger partial charge in [-0.2, -0.15) is 0 Å². The van der Waals surface area contributed by atoms with Crippen LogP contribution in [0.4, 0.5) is 5.69 Å². The molecule has 2 atom stereocenters. The smallest absolute Gasteiger partial charge is 0.265 e. The van der Waals surface area contributed by atoms with E-state index in [-0.39, 0.29) is 30.7 Å². The van der Waals surface area contributed by atoms with Crippen LogP contribution in [-0.4, -0.2) is 59.6 Å². The van der Waals surface area contributed by atoms with Gasteiger partial charge in [0.25, 0.3) is 5.91 Å². The topological polar surface area (TPSA) is 102 Å². The van der Waals surface area contributed by atoms with Crippen LogP contribution in [0, 0.1) is 0 Å². The largest absolute Gasteiger partial charge is 0.390 e. The lowest BCUT2D eigenvalue weighted by atomic mass is 10.00. The highest BCUT2D eigenvalue weighted by Crippen LogP contribution is 2.22. The van der Waals surface area contributed by atoms with E-state index in [0.29, 0.717) is 24.9 Å². The number of likely N-dealkylation sites (N-methyl/N-ethyl adjacent to an activating group) is 1. The average Bonchev–Trinajstić information content (AvgIpc) is 3.42. The van der Waals surface area contributed by atoms with Crippen LogP contribution >= 0.6 is 0 Å². The van der Waals surface area contributed by atoms with Crippen molar-refractivity contribution in [3.05, 3.63) is 101 Å². The molecule has 3 aromatic rings. The third-order valence-corrected chi connectivity index (χ3v) is 7.44. The number of hydrogen-bond acceptors (Lipinski definition) is 5. The van der Waals surface area contributed by atoms with E-state index in [1.807, 2.05) is 86.6 Å². The fraction of sp³-hybridized carbons (Fsp3) is 0.364. The van der Waals surface area contributed by atoms with Crippen molar-refractivity contribution in [2.24, 2.45) is 0 Å². The first-order valence-electron chi connectivity index (χ1n) is 14.4. The number of aliphatic hydroxyl groups excluding tert-OH is 1. The average molecular weight is 557 g/mol. The number of amides is 3. The van der Waals surface area contributed by atoms with E-state index in [0.717, 1.165) is 41.8 Å². The fourth-order valence-electron chi connectivity index (χ4n) is 5.06. The van der Waals surface area contributed by atoms with E-state index in [2.05, 4.69) is 10.7 Å². The molecule has 41 heavy (non-hydrogen) atoms. The number of aliphatic hydroxyl groups is 1. The minimum absolute atomic E-state index is 0.125. The summed E-state index contributed by atoms with van der Waals surface area (Å²) >= 11 is 0. The summed E-state index contributed by atoms with van der Waals surface area (Å²) in [5.74, 6) is -0.324. The molecule has 8 heteroatoms. The van der Waals surface area contributed by atoms with E-state index in [4.69, 9.17) is 0 Å². The van der Waals surface area contributed by atoms with Gasteiger partial charge in [0.15, 0.2) is 0 Å². The van der Waals surface area contributed by atoms with Crippen LogP contribution in [0.1, 0.15) is 53.7 Å². The molecule has 0 bridgehead atoms. The molecule has 1 aliphatic rings. The lowest BCUT2D eigenvalue weighted by molar-refractivity contribution is -0.122. The van der Waals surface area contributed by atoms with Gasteiger partial charge in [-0.15, -0.1) is 0 Å². The summed E-state index contributed by atoms with van der Waals surface area (Å²) in [7, 11) is 0. The zero-order valence-corrected chi connectivity index (χ0v) is 23.9. The van der Waals surface area contributed by atoms with Crippen molar-refractivity contribution in [2.45, 2.75) is 58.1 Å². The number of carbonyl (C=O) groups excluding carboxylic acids is 3. The van der Waals surface area contributed by atoms with Crippen LogP contribution in [0.25, 0.3) is 0 Å². The molecule has 3 aromatic carbocycles. The molecular formula is C33H40N4O4. The summed E-state index contributed by atoms with van der Waals surface area (Å²) in [4.78, 5) is 39.8. The van der Waals surface area contributed by atoms with Crippen LogP contribution in [0.3, 0.4) is 0 Å². The van der Waals surface area contributed by atoms with Crippen LogP contribution in [0.5, 0.6) is 0 Å². The molecule has 1 heterocycles. The molecule has 3 N–H and O–H groups in total. The van der Waals surface area contributed by atoms with E-state index in [1.54, 1.807) is 16.0 Å². The van der Waals surface area contributed by atoms with Crippen molar-refractivity contribution in [2.75, 3.05) is 24.5 Å². The molecular weight excluding hydrogens is 516 g/mol. The van der Waals surface area contributed by atoms with Crippen molar-refractivity contribution >= 4 is 23.4 Å². The lowest BCUT2D eigenvalue weighted by Gasteiger charge is -2.30. The standard InChI is InChI=1S/C33H40N4O4/c1-3-24-12-8-13-27(20-24)33(41)35-36(4-2)23-30(38)29(21-25-10-6-5-7-11-25)34-31(39)22-26-15-17-28(18-16-26)37-19-9-14-32(37)40/h5-8,10-13,15-18,20,29-30,38H,3-4,9,14,19,21-23H2,1-2H3,(H,34,39)(H,35,41). The highest BCUT2D eigenvalue weighted by molar-refractivity contribution is 5.95. The van der Waals surface area contributed by atoms with Gasteiger partial charge in [0, 0.05) is 37.3 Å². The molecule has 0 spiro atoms. The molecule has 0 aliphatic carbocycles. The monoisotopic (exact) mass is 556 g/mol. The van der Waals surface area contributed by atoms with Crippen molar-refractivity contribution in [3.63, 3.8) is 0 Å². The molecule has 0 saturated carbocycles. The fourth-order valence-corrected chi connectivity index (χ4v) is 5.06. The molecule has 1 saturated heterocycles. The van der Waals surface area contributed by atoms with E-state index < -0.39 is 12.1 Å². The second-order valence-electron chi connectivity index (χ2n) is 10.5. The highest BCUT2D eigenvalue weighted by Gasteiger charge is 2.25. The van der Waals surface area contributed by atoms with Crippen LogP contribution in [0.15, 0.2) is 78.9 Å². The number of benzene rings is 3. The van der Waals surface area contributed by atoms with Crippen molar-refractivity contribution < 1.29 is 19.5 Å². The number of anilines is 1. The number of rotatable bonds is 13. The number of aryl methyl sites for hydroxylation is 1. The molecule has 1 aliphatic heterocycles. The van der Waals surface area contributed by atoms with Gasteiger partial charge in [0.1, 0.15) is 0 Å². The highest BCUT2D eigenvalue weighted by atomic mass is 16.3. The summed E-state index contributed by atoms with van der Waals surface area (Å²) in [6, 6.07) is 24.1. The first-order valence-corrected chi connectivity index (χ1v) is 14.4. The van der Waals surface area contributed by atoms with Gasteiger partial charge in [-0.3, -0.25) is 19.8 Å². The zero-order chi connectivity index (χ0) is 29.2. The van der Waals surface area contributed by atoms with Gasteiger partial charge >= 0.3 is 0 Å². The quantitative estimate of drug-likeness (QED) is 0.279. The van der Waals surface area contributed by atoms with Crippen molar-refractivity contribution in [3.8, 4) is 0 Å². The number of nitrogens with zero attached hydrogens (tertiary/aromatic N) is 2. The molecule has 216 valence electrons. The Morgan fingerprint density at radius 3 is 2.34 bits per heavy atom. The first kappa shape index (κ1) is 30.0. The van der Waals surface area contributed by atoms with Gasteiger partial charge in [-0.05, 0) is 60.2 Å². The molecule has 3 amide bonds. The molecule has 1 fully saturated rings. The second kappa shape index (κ2) is 14.6. The summed E-state index contributed by atoms with van der Waals surface area (Å²) < 4.78 is 0. The predicted molar refractivity (Wildman–Crippen MR) is 160 cm³/mol. The SMILES string of the molecule is CCc1cccc(C(=O)NN(CC)CC(O)C(Cc2ccccc2)NC(=O)Cc2ccc(N3CCCC3=O)cc2)c1. The Morgan fingerprint density at radius 1 is 0.951 bits per heavy atom. The summed E-state index contributed by atoms with van der Waals surface area (Å²) in [5.41, 5.74) is 7.19. The maximum Gasteiger partial charge on any atom is 0.265 e. The number of hydrazine groups is 1. The minimum atomic E-state index is -0.940. The minimum Gasteiger partial charge on any atom is -0.390 e. The van der Waals surface area contributed by atoms with E-state index in [9.17, 15) is 19.5 Å². The van der Waals surface area contributed by atoms with Crippen LogP contribution < -0.4 is 15.6 Å². The number of hydrogen-bond donors (Lipinski definition) is 3. The van der Waals surface area contributed by atoms with Gasteiger partial charge < -0.3 is 15.3 Å². The maximum absolute atomic E-state index is 13.1. The van der Waals surface area contributed by atoms with Crippen LogP contribution in [-0.2, 0) is 28.9 Å². The number of nitrogens with one attached hydrogen (secondary N) is 2.